The zero-order valence-corrected chi connectivity index (χ0v) is 15.5. The van der Waals surface area contributed by atoms with E-state index >= 15 is 0 Å². The molecule has 0 aliphatic rings. The Bertz CT molecular complexity index is 938. The molecule has 0 spiro atoms. The van der Waals surface area contributed by atoms with Crippen LogP contribution in [0.3, 0.4) is 0 Å². The number of benzene rings is 2. The highest BCUT2D eigenvalue weighted by atomic mass is 19.1. The van der Waals surface area contributed by atoms with Crippen molar-refractivity contribution in [2.75, 3.05) is 38.1 Å². The summed E-state index contributed by atoms with van der Waals surface area (Å²) < 4.78 is 28.1. The Balaban J connectivity index is 1.73. The number of aromatic nitrogens is 2. The van der Waals surface area contributed by atoms with Gasteiger partial charge in [0, 0.05) is 35.7 Å². The van der Waals surface area contributed by atoms with Crippen LogP contribution in [0.25, 0.3) is 10.9 Å². The second-order valence-corrected chi connectivity index (χ2v) is 5.85. The smallest absolute Gasteiger partial charge is 0.324 e. The first-order chi connectivity index (χ1) is 13.6. The van der Waals surface area contributed by atoms with Gasteiger partial charge in [-0.05, 0) is 18.2 Å². The van der Waals surface area contributed by atoms with Crippen molar-refractivity contribution in [3.63, 3.8) is 0 Å². The average Bonchev–Trinajstić information content (AvgIpc) is 3.09. The Morgan fingerprint density at radius 1 is 1.07 bits per heavy atom. The van der Waals surface area contributed by atoms with Gasteiger partial charge in [-0.3, -0.25) is 14.8 Å². The molecule has 0 aliphatic carbocycles. The van der Waals surface area contributed by atoms with Gasteiger partial charge in [-0.2, -0.15) is 5.10 Å². The van der Waals surface area contributed by atoms with Crippen molar-refractivity contribution in [3.05, 3.63) is 36.4 Å². The fourth-order valence-electron chi connectivity index (χ4n) is 2.57. The molecule has 8 nitrogen and oxygen atoms in total. The summed E-state index contributed by atoms with van der Waals surface area (Å²) in [6.07, 6.45) is 0.320. The number of anilines is 2. The SMILES string of the molecule is COc1cc(NC(=O)Nc2n[nH]c3ccc(OCCCF)cc23)cc(OC)c1. The number of H-pyrrole nitrogens is 1. The van der Waals surface area contributed by atoms with E-state index in [4.69, 9.17) is 14.2 Å². The largest absolute Gasteiger partial charge is 0.497 e. The lowest BCUT2D eigenvalue weighted by molar-refractivity contribution is 0.262. The van der Waals surface area contributed by atoms with E-state index in [0.29, 0.717) is 40.6 Å². The number of methoxy groups -OCH3 is 2. The van der Waals surface area contributed by atoms with Gasteiger partial charge in [0.2, 0.25) is 0 Å². The highest BCUT2D eigenvalue weighted by Gasteiger charge is 2.12. The second-order valence-electron chi connectivity index (χ2n) is 5.85. The highest BCUT2D eigenvalue weighted by molar-refractivity contribution is 6.04. The number of hydrogen-bond acceptors (Lipinski definition) is 5. The molecule has 1 aromatic heterocycles. The Morgan fingerprint density at radius 3 is 2.50 bits per heavy atom. The summed E-state index contributed by atoms with van der Waals surface area (Å²) in [4.78, 5) is 12.4. The van der Waals surface area contributed by atoms with Crippen LogP contribution in [0, 0.1) is 0 Å². The molecule has 3 N–H and O–H groups in total. The molecule has 3 rings (SSSR count). The van der Waals surface area contributed by atoms with Crippen molar-refractivity contribution in [1.29, 1.82) is 0 Å². The number of hydrogen-bond donors (Lipinski definition) is 3. The van der Waals surface area contributed by atoms with E-state index in [1.165, 1.54) is 14.2 Å². The first-order valence-corrected chi connectivity index (χ1v) is 8.61. The molecule has 0 aliphatic heterocycles. The quantitative estimate of drug-likeness (QED) is 0.508. The minimum Gasteiger partial charge on any atom is -0.497 e. The summed E-state index contributed by atoms with van der Waals surface area (Å²) >= 11 is 0. The van der Waals surface area contributed by atoms with Crippen LogP contribution in [0.15, 0.2) is 36.4 Å². The van der Waals surface area contributed by atoms with Crippen LogP contribution in [0.4, 0.5) is 20.7 Å². The fraction of sp³-hybridized carbons (Fsp3) is 0.263. The maximum atomic E-state index is 12.4. The van der Waals surface area contributed by atoms with E-state index in [1.54, 1.807) is 36.4 Å². The zero-order chi connectivity index (χ0) is 19.9. The number of carbonyl (C=O) groups is 1. The minimum absolute atomic E-state index is 0.279. The molecule has 1 heterocycles. The number of alkyl halides is 1. The number of carbonyl (C=O) groups excluding carboxylic acids is 1. The first kappa shape index (κ1) is 19.3. The minimum atomic E-state index is -0.479. The van der Waals surface area contributed by atoms with Crippen LogP contribution >= 0.6 is 0 Å². The van der Waals surface area contributed by atoms with Gasteiger partial charge in [-0.15, -0.1) is 0 Å². The van der Waals surface area contributed by atoms with Crippen LogP contribution in [-0.4, -0.2) is 43.7 Å². The summed E-state index contributed by atoms with van der Waals surface area (Å²) in [5, 5.41) is 13.0. The number of aromatic amines is 1. The molecule has 0 bridgehead atoms. The van der Waals surface area contributed by atoms with Gasteiger partial charge in [0.15, 0.2) is 5.82 Å². The number of nitrogens with one attached hydrogen (secondary N) is 3. The van der Waals surface area contributed by atoms with Gasteiger partial charge in [0.05, 0.1) is 33.0 Å². The van der Waals surface area contributed by atoms with Crippen molar-refractivity contribution in [2.45, 2.75) is 6.42 Å². The van der Waals surface area contributed by atoms with E-state index in [1.807, 2.05) is 0 Å². The molecule has 0 fully saturated rings. The van der Waals surface area contributed by atoms with Crippen LogP contribution in [0.1, 0.15) is 6.42 Å². The topological polar surface area (TPSA) is 97.5 Å². The number of ether oxygens (including phenoxy) is 3. The van der Waals surface area contributed by atoms with Gasteiger partial charge in [-0.25, -0.2) is 4.79 Å². The molecule has 2 amide bonds. The zero-order valence-electron chi connectivity index (χ0n) is 15.5. The van der Waals surface area contributed by atoms with Crippen molar-refractivity contribution < 1.29 is 23.4 Å². The van der Waals surface area contributed by atoms with E-state index in [-0.39, 0.29) is 6.61 Å². The van der Waals surface area contributed by atoms with Crippen molar-refractivity contribution in [3.8, 4) is 17.2 Å². The van der Waals surface area contributed by atoms with Crippen LogP contribution in [0.5, 0.6) is 17.2 Å². The Kier molecular flexibility index (Phi) is 6.15. The van der Waals surface area contributed by atoms with Crippen molar-refractivity contribution in [1.82, 2.24) is 10.2 Å². The molecule has 148 valence electrons. The normalized spacial score (nSPS) is 10.5. The predicted octanol–water partition coefficient (Wildman–Crippen LogP) is 3.96. The standard InChI is InChI=1S/C19H21FN4O4/c1-26-14-8-12(9-15(10-14)27-2)21-19(25)22-18-16-11-13(28-7-3-6-20)4-5-17(16)23-24-18/h4-5,8-11H,3,6-7H2,1-2H3,(H3,21,22,23,24,25). The third-order valence-corrected chi connectivity index (χ3v) is 3.92. The summed E-state index contributed by atoms with van der Waals surface area (Å²) in [7, 11) is 3.06. The molecule has 3 aromatic rings. The number of nitrogens with zero attached hydrogens (tertiary/aromatic N) is 1. The third kappa shape index (κ3) is 4.61. The lowest BCUT2D eigenvalue weighted by atomic mass is 10.2. The summed E-state index contributed by atoms with van der Waals surface area (Å²) in [6.45, 7) is -0.156. The van der Waals surface area contributed by atoms with Gasteiger partial charge >= 0.3 is 6.03 Å². The van der Waals surface area contributed by atoms with Crippen molar-refractivity contribution >= 4 is 28.4 Å². The van der Waals surface area contributed by atoms with E-state index in [9.17, 15) is 9.18 Å². The molecule has 0 unspecified atom stereocenters. The number of halogens is 1. The van der Waals surface area contributed by atoms with Gasteiger partial charge in [0.1, 0.15) is 17.2 Å². The molecular formula is C19H21FN4O4. The van der Waals surface area contributed by atoms with Crippen LogP contribution in [-0.2, 0) is 0 Å². The van der Waals surface area contributed by atoms with E-state index in [0.717, 1.165) is 5.52 Å². The monoisotopic (exact) mass is 388 g/mol. The Labute approximate surface area is 161 Å². The number of rotatable bonds is 8. The first-order valence-electron chi connectivity index (χ1n) is 8.61. The average molecular weight is 388 g/mol. The lowest BCUT2D eigenvalue weighted by Crippen LogP contribution is -2.19. The maximum Gasteiger partial charge on any atom is 0.324 e. The van der Waals surface area contributed by atoms with Crippen LogP contribution < -0.4 is 24.8 Å². The van der Waals surface area contributed by atoms with Crippen molar-refractivity contribution in [2.24, 2.45) is 0 Å². The molecule has 0 saturated heterocycles. The number of amides is 2. The molecule has 0 radical (unpaired) electrons. The molecule has 9 heteroatoms. The summed E-state index contributed by atoms with van der Waals surface area (Å²) in [5.41, 5.74) is 1.24. The summed E-state index contributed by atoms with van der Waals surface area (Å²) in [5.74, 6) is 2.02. The molecule has 0 atom stereocenters. The summed E-state index contributed by atoms with van der Waals surface area (Å²) in [6, 6.07) is 9.83. The highest BCUT2D eigenvalue weighted by Crippen LogP contribution is 2.27. The number of fused-ring (bicyclic) bond motifs is 1. The predicted molar refractivity (Wildman–Crippen MR) is 104 cm³/mol. The maximum absolute atomic E-state index is 12.4. The second kappa shape index (κ2) is 8.94. The lowest BCUT2D eigenvalue weighted by Gasteiger charge is -2.10. The fourth-order valence-corrected chi connectivity index (χ4v) is 2.57. The van der Waals surface area contributed by atoms with Gasteiger partial charge in [-0.1, -0.05) is 0 Å². The van der Waals surface area contributed by atoms with Gasteiger partial charge < -0.3 is 19.5 Å². The number of urea groups is 1. The Hall–Kier alpha value is -3.49. The molecule has 0 saturated carbocycles. The molecular weight excluding hydrogens is 367 g/mol. The van der Waals surface area contributed by atoms with Gasteiger partial charge in [0.25, 0.3) is 0 Å². The van der Waals surface area contributed by atoms with Crippen LogP contribution in [0.2, 0.25) is 0 Å². The molecule has 28 heavy (non-hydrogen) atoms. The van der Waals surface area contributed by atoms with E-state index in [2.05, 4.69) is 20.8 Å². The van der Waals surface area contributed by atoms with E-state index < -0.39 is 12.7 Å². The molecule has 2 aromatic carbocycles. The Morgan fingerprint density at radius 2 is 1.82 bits per heavy atom. The third-order valence-electron chi connectivity index (χ3n) is 3.92.